The van der Waals surface area contributed by atoms with Crippen LogP contribution in [0.25, 0.3) is 11.4 Å². The third-order valence-corrected chi connectivity index (χ3v) is 4.40. The SMILES string of the molecule is C[C@@H]1CN(C)C[C@H](c2nc(-c3ccc(Oc4ccc(F)c(F)c4)cc3)no2)O1. The average molecular weight is 387 g/mol. The molecular weight excluding hydrogens is 368 g/mol. The summed E-state index contributed by atoms with van der Waals surface area (Å²) in [5.41, 5.74) is 0.741. The summed E-state index contributed by atoms with van der Waals surface area (Å²) in [6, 6.07) is 10.3. The normalized spacial score (nSPS) is 20.3. The summed E-state index contributed by atoms with van der Waals surface area (Å²) < 4.78 is 43.1. The molecule has 0 radical (unpaired) electrons. The zero-order chi connectivity index (χ0) is 19.7. The van der Waals surface area contributed by atoms with Gasteiger partial charge < -0.3 is 18.9 Å². The molecule has 0 amide bonds. The molecule has 3 aromatic rings. The van der Waals surface area contributed by atoms with Gasteiger partial charge in [-0.15, -0.1) is 0 Å². The predicted octanol–water partition coefficient (Wildman–Crippen LogP) is 4.20. The van der Waals surface area contributed by atoms with E-state index in [0.29, 0.717) is 24.0 Å². The zero-order valence-electron chi connectivity index (χ0n) is 15.4. The van der Waals surface area contributed by atoms with Crippen LogP contribution in [0.5, 0.6) is 11.5 Å². The number of aromatic nitrogens is 2. The zero-order valence-corrected chi connectivity index (χ0v) is 15.4. The van der Waals surface area contributed by atoms with Gasteiger partial charge in [0.1, 0.15) is 17.6 Å². The Bertz CT molecular complexity index is 952. The van der Waals surface area contributed by atoms with Crippen molar-refractivity contribution in [3.63, 3.8) is 0 Å². The number of rotatable bonds is 4. The molecule has 2 aromatic carbocycles. The minimum atomic E-state index is -0.960. The van der Waals surface area contributed by atoms with Crippen LogP contribution in [-0.2, 0) is 4.74 Å². The number of nitrogens with zero attached hydrogens (tertiary/aromatic N) is 3. The topological polar surface area (TPSA) is 60.6 Å². The van der Waals surface area contributed by atoms with Crippen LogP contribution in [0.4, 0.5) is 8.78 Å². The van der Waals surface area contributed by atoms with Crippen molar-refractivity contribution in [2.24, 2.45) is 0 Å². The minimum Gasteiger partial charge on any atom is -0.457 e. The summed E-state index contributed by atoms with van der Waals surface area (Å²) in [6.07, 6.45) is -0.169. The average Bonchev–Trinajstić information content (AvgIpc) is 3.15. The van der Waals surface area contributed by atoms with Gasteiger partial charge in [0.05, 0.1) is 6.10 Å². The number of benzene rings is 2. The van der Waals surface area contributed by atoms with Gasteiger partial charge >= 0.3 is 0 Å². The molecule has 6 nitrogen and oxygen atoms in total. The molecule has 0 unspecified atom stereocenters. The molecule has 0 bridgehead atoms. The van der Waals surface area contributed by atoms with Crippen LogP contribution in [0, 0.1) is 11.6 Å². The molecule has 1 fully saturated rings. The van der Waals surface area contributed by atoms with Crippen molar-refractivity contribution in [3.05, 3.63) is 60.0 Å². The maximum absolute atomic E-state index is 13.3. The van der Waals surface area contributed by atoms with Crippen LogP contribution in [0.3, 0.4) is 0 Å². The molecule has 2 atom stereocenters. The summed E-state index contributed by atoms with van der Waals surface area (Å²) in [6.45, 7) is 3.55. The predicted molar refractivity (Wildman–Crippen MR) is 97.0 cm³/mol. The van der Waals surface area contributed by atoms with E-state index in [1.54, 1.807) is 24.3 Å². The van der Waals surface area contributed by atoms with E-state index in [4.69, 9.17) is 14.0 Å². The molecule has 4 rings (SSSR count). The fraction of sp³-hybridized carbons (Fsp3) is 0.300. The van der Waals surface area contributed by atoms with Crippen LogP contribution in [0.2, 0.25) is 0 Å². The molecule has 0 saturated carbocycles. The fourth-order valence-corrected chi connectivity index (χ4v) is 3.13. The monoisotopic (exact) mass is 387 g/mol. The first kappa shape index (κ1) is 18.5. The van der Waals surface area contributed by atoms with Crippen LogP contribution in [0.1, 0.15) is 18.9 Å². The number of likely N-dealkylation sites (N-methyl/N-ethyl adjacent to an activating group) is 1. The van der Waals surface area contributed by atoms with Gasteiger partial charge in [0, 0.05) is 24.7 Å². The first-order valence-corrected chi connectivity index (χ1v) is 8.89. The molecule has 2 heterocycles. The molecular formula is C20H19F2N3O3. The maximum Gasteiger partial charge on any atom is 0.257 e. The Kier molecular flexibility index (Phi) is 5.06. The second-order valence-electron chi connectivity index (χ2n) is 6.82. The van der Waals surface area contributed by atoms with Crippen molar-refractivity contribution in [1.29, 1.82) is 0 Å². The van der Waals surface area contributed by atoms with E-state index >= 15 is 0 Å². The Morgan fingerprint density at radius 2 is 1.79 bits per heavy atom. The van der Waals surface area contributed by atoms with E-state index in [9.17, 15) is 8.78 Å². The molecule has 0 spiro atoms. The summed E-state index contributed by atoms with van der Waals surface area (Å²) in [4.78, 5) is 6.61. The van der Waals surface area contributed by atoms with Crippen molar-refractivity contribution < 1.29 is 22.8 Å². The lowest BCUT2D eigenvalue weighted by molar-refractivity contribution is -0.0838. The van der Waals surface area contributed by atoms with Crippen molar-refractivity contribution >= 4 is 0 Å². The quantitative estimate of drug-likeness (QED) is 0.669. The molecule has 1 aliphatic heterocycles. The van der Waals surface area contributed by atoms with E-state index in [0.717, 1.165) is 24.2 Å². The van der Waals surface area contributed by atoms with Gasteiger partial charge in [0.2, 0.25) is 5.82 Å². The highest BCUT2D eigenvalue weighted by Crippen LogP contribution is 2.28. The molecule has 146 valence electrons. The fourth-order valence-electron chi connectivity index (χ4n) is 3.13. The highest BCUT2D eigenvalue weighted by Gasteiger charge is 2.28. The Morgan fingerprint density at radius 3 is 2.50 bits per heavy atom. The van der Waals surface area contributed by atoms with E-state index in [1.807, 2.05) is 14.0 Å². The van der Waals surface area contributed by atoms with Crippen molar-refractivity contribution in [2.45, 2.75) is 19.1 Å². The van der Waals surface area contributed by atoms with Crippen molar-refractivity contribution in [2.75, 3.05) is 20.1 Å². The second-order valence-corrected chi connectivity index (χ2v) is 6.82. The first-order chi connectivity index (χ1) is 13.5. The van der Waals surface area contributed by atoms with Gasteiger partial charge in [-0.3, -0.25) is 0 Å². The Morgan fingerprint density at radius 1 is 1.04 bits per heavy atom. The van der Waals surface area contributed by atoms with Gasteiger partial charge in [0.15, 0.2) is 11.6 Å². The molecule has 0 aliphatic carbocycles. The van der Waals surface area contributed by atoms with Crippen LogP contribution in [-0.4, -0.2) is 41.3 Å². The van der Waals surface area contributed by atoms with E-state index < -0.39 is 11.6 Å². The van der Waals surface area contributed by atoms with E-state index in [2.05, 4.69) is 15.0 Å². The number of hydrogen-bond acceptors (Lipinski definition) is 6. The summed E-state index contributed by atoms with van der Waals surface area (Å²) in [7, 11) is 2.02. The molecule has 28 heavy (non-hydrogen) atoms. The highest BCUT2D eigenvalue weighted by atomic mass is 19.2. The molecule has 1 saturated heterocycles. The van der Waals surface area contributed by atoms with Crippen LogP contribution in [0.15, 0.2) is 47.0 Å². The number of hydrogen-bond donors (Lipinski definition) is 0. The highest BCUT2D eigenvalue weighted by molar-refractivity contribution is 5.55. The lowest BCUT2D eigenvalue weighted by atomic mass is 10.2. The number of halogens is 2. The van der Waals surface area contributed by atoms with Gasteiger partial charge in [-0.2, -0.15) is 4.98 Å². The van der Waals surface area contributed by atoms with Crippen LogP contribution >= 0.6 is 0 Å². The Hall–Kier alpha value is -2.84. The van der Waals surface area contributed by atoms with Gasteiger partial charge in [-0.25, -0.2) is 8.78 Å². The molecule has 1 aliphatic rings. The lowest BCUT2D eigenvalue weighted by Crippen LogP contribution is -2.40. The molecule has 0 N–H and O–H groups in total. The smallest absolute Gasteiger partial charge is 0.257 e. The van der Waals surface area contributed by atoms with Gasteiger partial charge in [0.25, 0.3) is 5.89 Å². The Labute approximate surface area is 160 Å². The standard InChI is InChI=1S/C20H19F2N3O3/c1-12-10-25(2)11-18(26-12)20-23-19(24-28-20)13-3-5-14(6-4-13)27-15-7-8-16(21)17(22)9-15/h3-9,12,18H,10-11H2,1-2H3/t12-,18-/m1/s1. The number of morpholine rings is 1. The minimum absolute atomic E-state index is 0.0897. The van der Waals surface area contributed by atoms with Crippen molar-refractivity contribution in [3.8, 4) is 22.9 Å². The summed E-state index contributed by atoms with van der Waals surface area (Å²) in [5, 5.41) is 4.03. The summed E-state index contributed by atoms with van der Waals surface area (Å²) >= 11 is 0. The van der Waals surface area contributed by atoms with Crippen molar-refractivity contribution in [1.82, 2.24) is 15.0 Å². The van der Waals surface area contributed by atoms with Crippen LogP contribution < -0.4 is 4.74 Å². The maximum atomic E-state index is 13.3. The molecule has 8 heteroatoms. The van der Waals surface area contributed by atoms with Gasteiger partial charge in [-0.05, 0) is 50.4 Å². The largest absolute Gasteiger partial charge is 0.457 e. The Balaban J connectivity index is 1.47. The summed E-state index contributed by atoms with van der Waals surface area (Å²) in [5.74, 6) is -0.309. The third-order valence-electron chi connectivity index (χ3n) is 4.40. The third kappa shape index (κ3) is 4.02. The molecule has 1 aromatic heterocycles. The van der Waals surface area contributed by atoms with Gasteiger partial charge in [-0.1, -0.05) is 5.16 Å². The first-order valence-electron chi connectivity index (χ1n) is 8.89. The number of ether oxygens (including phenoxy) is 2. The second kappa shape index (κ2) is 7.65. The van der Waals surface area contributed by atoms with E-state index in [1.165, 1.54) is 6.07 Å². The lowest BCUT2D eigenvalue weighted by Gasteiger charge is -2.32. The van der Waals surface area contributed by atoms with E-state index in [-0.39, 0.29) is 18.0 Å².